The SMILES string of the molecule is NC(=O)C(=O)CCCl. The standard InChI is InChI=1S/C4H6ClNO2/c5-2-1-3(7)4(6)8/h1-2H2,(H2,6,8). The highest BCUT2D eigenvalue weighted by atomic mass is 35.5. The van der Waals surface area contributed by atoms with E-state index < -0.39 is 11.7 Å². The summed E-state index contributed by atoms with van der Waals surface area (Å²) in [4.78, 5) is 20.1. The molecule has 0 aromatic heterocycles. The zero-order valence-electron chi connectivity index (χ0n) is 4.19. The summed E-state index contributed by atoms with van der Waals surface area (Å²) in [6, 6.07) is 0. The molecule has 0 saturated heterocycles. The van der Waals surface area contributed by atoms with Crippen molar-refractivity contribution in [1.82, 2.24) is 0 Å². The van der Waals surface area contributed by atoms with Crippen LogP contribution in [-0.4, -0.2) is 17.6 Å². The number of ketones is 1. The highest BCUT2D eigenvalue weighted by Crippen LogP contribution is 1.84. The molecule has 0 aliphatic heterocycles. The second-order valence-electron chi connectivity index (χ2n) is 1.23. The van der Waals surface area contributed by atoms with Crippen molar-refractivity contribution in [3.8, 4) is 0 Å². The van der Waals surface area contributed by atoms with Gasteiger partial charge in [-0.15, -0.1) is 11.6 Å². The summed E-state index contributed by atoms with van der Waals surface area (Å²) >= 11 is 5.11. The number of halogens is 1. The van der Waals surface area contributed by atoms with E-state index in [4.69, 9.17) is 11.6 Å². The molecule has 0 atom stereocenters. The lowest BCUT2D eigenvalue weighted by Gasteiger charge is -1.85. The lowest BCUT2D eigenvalue weighted by molar-refractivity contribution is -0.135. The highest BCUT2D eigenvalue weighted by molar-refractivity contribution is 6.36. The van der Waals surface area contributed by atoms with E-state index in [1.165, 1.54) is 0 Å². The average molecular weight is 136 g/mol. The Morgan fingerprint density at radius 1 is 1.50 bits per heavy atom. The Balaban J connectivity index is 3.49. The molecule has 0 spiro atoms. The summed E-state index contributed by atoms with van der Waals surface area (Å²) in [5.74, 6) is -1.37. The van der Waals surface area contributed by atoms with Gasteiger partial charge in [0.15, 0.2) is 0 Å². The van der Waals surface area contributed by atoms with Crippen LogP contribution in [0.5, 0.6) is 0 Å². The van der Waals surface area contributed by atoms with Crippen LogP contribution in [-0.2, 0) is 9.59 Å². The highest BCUT2D eigenvalue weighted by Gasteiger charge is 2.05. The Hall–Kier alpha value is -0.570. The summed E-state index contributed by atoms with van der Waals surface area (Å²) in [6.07, 6.45) is 0.0386. The molecule has 3 nitrogen and oxygen atoms in total. The number of hydrogen-bond acceptors (Lipinski definition) is 2. The van der Waals surface area contributed by atoms with E-state index in [1.807, 2.05) is 0 Å². The lowest BCUT2D eigenvalue weighted by Crippen LogP contribution is -2.22. The van der Waals surface area contributed by atoms with Gasteiger partial charge < -0.3 is 5.73 Å². The van der Waals surface area contributed by atoms with E-state index in [1.54, 1.807) is 0 Å². The normalized spacial score (nSPS) is 8.62. The topological polar surface area (TPSA) is 60.2 Å². The van der Waals surface area contributed by atoms with Gasteiger partial charge in [-0.05, 0) is 0 Å². The molecule has 46 valence electrons. The number of primary amides is 1. The maximum absolute atomic E-state index is 10.2. The molecule has 1 amide bonds. The first kappa shape index (κ1) is 7.43. The van der Waals surface area contributed by atoms with Crippen LogP contribution in [0, 0.1) is 0 Å². The van der Waals surface area contributed by atoms with Crippen LogP contribution >= 0.6 is 11.6 Å². The molecule has 0 aliphatic carbocycles. The van der Waals surface area contributed by atoms with Crippen molar-refractivity contribution in [2.75, 3.05) is 5.88 Å². The van der Waals surface area contributed by atoms with E-state index in [9.17, 15) is 9.59 Å². The molecule has 0 aliphatic rings. The van der Waals surface area contributed by atoms with Crippen LogP contribution in [0.2, 0.25) is 0 Å². The maximum Gasteiger partial charge on any atom is 0.284 e. The van der Waals surface area contributed by atoms with Crippen molar-refractivity contribution < 1.29 is 9.59 Å². The lowest BCUT2D eigenvalue weighted by atomic mass is 10.3. The Morgan fingerprint density at radius 3 is 2.12 bits per heavy atom. The summed E-state index contributed by atoms with van der Waals surface area (Å²) in [6.45, 7) is 0. The largest absolute Gasteiger partial charge is 0.363 e. The first-order valence-electron chi connectivity index (χ1n) is 2.07. The monoisotopic (exact) mass is 135 g/mol. The van der Waals surface area contributed by atoms with Crippen molar-refractivity contribution >= 4 is 23.3 Å². The molecule has 0 saturated carbocycles. The van der Waals surface area contributed by atoms with Crippen LogP contribution in [0.25, 0.3) is 0 Å². The third-order valence-corrected chi connectivity index (χ3v) is 0.785. The fourth-order valence-corrected chi connectivity index (χ4v) is 0.381. The van der Waals surface area contributed by atoms with E-state index in [0.29, 0.717) is 0 Å². The van der Waals surface area contributed by atoms with Gasteiger partial charge in [0.25, 0.3) is 5.91 Å². The molecular weight excluding hydrogens is 130 g/mol. The number of alkyl halides is 1. The molecule has 0 rings (SSSR count). The molecule has 0 heterocycles. The van der Waals surface area contributed by atoms with Gasteiger partial charge in [0.1, 0.15) is 0 Å². The summed E-state index contributed by atoms with van der Waals surface area (Å²) < 4.78 is 0. The Kier molecular flexibility index (Phi) is 3.19. The van der Waals surface area contributed by atoms with Gasteiger partial charge in [-0.25, -0.2) is 0 Å². The van der Waals surface area contributed by atoms with Crippen LogP contribution < -0.4 is 5.73 Å². The Bertz CT molecular complexity index is 113. The van der Waals surface area contributed by atoms with Crippen LogP contribution in [0.15, 0.2) is 0 Å². The van der Waals surface area contributed by atoms with Gasteiger partial charge in [-0.3, -0.25) is 9.59 Å². The van der Waals surface area contributed by atoms with Gasteiger partial charge in [0.2, 0.25) is 5.78 Å². The molecule has 2 N–H and O–H groups in total. The molecule has 0 aromatic rings. The summed E-state index contributed by atoms with van der Waals surface area (Å²) in [7, 11) is 0. The third-order valence-electron chi connectivity index (χ3n) is 0.596. The predicted octanol–water partition coefficient (Wildman–Crippen LogP) is -0.330. The quantitative estimate of drug-likeness (QED) is 0.426. The summed E-state index contributed by atoms with van der Waals surface area (Å²) in [5, 5.41) is 0. The molecule has 0 aromatic carbocycles. The van der Waals surface area contributed by atoms with Crippen LogP contribution in [0.1, 0.15) is 6.42 Å². The fourth-order valence-electron chi connectivity index (χ4n) is 0.209. The molecule has 0 unspecified atom stereocenters. The van der Waals surface area contributed by atoms with Gasteiger partial charge in [-0.2, -0.15) is 0 Å². The minimum atomic E-state index is -0.911. The van der Waals surface area contributed by atoms with Crippen LogP contribution in [0.4, 0.5) is 0 Å². The first-order valence-corrected chi connectivity index (χ1v) is 2.60. The van der Waals surface area contributed by atoms with E-state index in [0.717, 1.165) is 0 Å². The van der Waals surface area contributed by atoms with Crippen LogP contribution in [0.3, 0.4) is 0 Å². The third kappa shape index (κ3) is 2.58. The molecule has 0 bridgehead atoms. The minimum Gasteiger partial charge on any atom is -0.363 e. The fraction of sp³-hybridized carbons (Fsp3) is 0.500. The van der Waals surface area contributed by atoms with Crippen molar-refractivity contribution in [3.05, 3.63) is 0 Å². The molecular formula is C4H6ClNO2. The maximum atomic E-state index is 10.2. The van der Waals surface area contributed by atoms with E-state index in [-0.39, 0.29) is 12.3 Å². The van der Waals surface area contributed by atoms with E-state index in [2.05, 4.69) is 5.73 Å². The summed E-state index contributed by atoms with van der Waals surface area (Å²) in [5.41, 5.74) is 4.57. The number of hydrogen-bond donors (Lipinski definition) is 1. The number of Topliss-reactive ketones (excluding diaryl/α,β-unsaturated/α-hetero) is 1. The zero-order chi connectivity index (χ0) is 6.57. The van der Waals surface area contributed by atoms with E-state index >= 15 is 0 Å². The van der Waals surface area contributed by atoms with Gasteiger partial charge in [0, 0.05) is 12.3 Å². The number of carbonyl (C=O) groups is 2. The van der Waals surface area contributed by atoms with Crippen molar-refractivity contribution in [2.45, 2.75) is 6.42 Å². The minimum absolute atomic E-state index is 0.0386. The Morgan fingerprint density at radius 2 is 2.00 bits per heavy atom. The van der Waals surface area contributed by atoms with Gasteiger partial charge in [-0.1, -0.05) is 0 Å². The second kappa shape index (κ2) is 3.43. The molecule has 4 heteroatoms. The first-order chi connectivity index (χ1) is 3.68. The van der Waals surface area contributed by atoms with Crippen molar-refractivity contribution in [2.24, 2.45) is 5.73 Å². The average Bonchev–Trinajstić information content (AvgIpc) is 1.67. The van der Waals surface area contributed by atoms with Crippen molar-refractivity contribution in [3.63, 3.8) is 0 Å². The number of nitrogens with two attached hydrogens (primary N) is 1. The van der Waals surface area contributed by atoms with Gasteiger partial charge >= 0.3 is 0 Å². The van der Waals surface area contributed by atoms with Gasteiger partial charge in [0.05, 0.1) is 0 Å². The number of rotatable bonds is 3. The van der Waals surface area contributed by atoms with Crippen molar-refractivity contribution in [1.29, 1.82) is 0 Å². The molecule has 0 fully saturated rings. The Labute approximate surface area is 51.8 Å². The number of carbonyl (C=O) groups excluding carboxylic acids is 2. The molecule has 0 radical (unpaired) electrons. The zero-order valence-corrected chi connectivity index (χ0v) is 4.94. The number of amides is 1. The smallest absolute Gasteiger partial charge is 0.284 e. The predicted molar refractivity (Wildman–Crippen MR) is 29.5 cm³/mol. The second-order valence-corrected chi connectivity index (χ2v) is 1.60. The molecule has 8 heavy (non-hydrogen) atoms.